The highest BCUT2D eigenvalue weighted by Gasteiger charge is 2.19. The molecule has 11 rings (SSSR count). The van der Waals surface area contributed by atoms with Crippen LogP contribution in [-0.2, 0) is 6.42 Å². The van der Waals surface area contributed by atoms with E-state index in [2.05, 4.69) is 158 Å². The summed E-state index contributed by atoms with van der Waals surface area (Å²) in [5.74, 6) is 0. The average molecular weight is 639 g/mol. The second-order valence-electron chi connectivity index (χ2n) is 13.5. The molecule has 0 saturated heterocycles. The van der Waals surface area contributed by atoms with E-state index in [9.17, 15) is 0 Å². The average Bonchev–Trinajstić information content (AvgIpc) is 3.53. The maximum atomic E-state index is 2.48. The van der Waals surface area contributed by atoms with E-state index in [1.807, 2.05) is 11.3 Å². The smallest absolute Gasteiger partial charge is 0.0355 e. The van der Waals surface area contributed by atoms with E-state index >= 15 is 0 Å². The minimum absolute atomic E-state index is 1.07. The minimum atomic E-state index is 1.07. The Labute approximate surface area is 288 Å². The Morgan fingerprint density at radius 1 is 0.388 bits per heavy atom. The molecule has 0 aliphatic heterocycles. The molecule has 1 heteroatoms. The molecule has 0 spiro atoms. The van der Waals surface area contributed by atoms with Gasteiger partial charge in [-0.25, -0.2) is 0 Å². The van der Waals surface area contributed by atoms with Crippen molar-refractivity contribution >= 4 is 91.4 Å². The second-order valence-corrected chi connectivity index (χ2v) is 14.6. The van der Waals surface area contributed by atoms with E-state index in [4.69, 9.17) is 0 Å². The minimum Gasteiger partial charge on any atom is -0.135 e. The maximum Gasteiger partial charge on any atom is 0.0355 e. The van der Waals surface area contributed by atoms with E-state index in [1.165, 1.54) is 107 Å². The van der Waals surface area contributed by atoms with Crippen LogP contribution in [0, 0.1) is 0 Å². The quantitative estimate of drug-likeness (QED) is 0.131. The molecule has 1 heterocycles. The predicted molar refractivity (Wildman–Crippen MR) is 215 cm³/mol. The lowest BCUT2D eigenvalue weighted by molar-refractivity contribution is 0.991. The molecule has 9 aromatic carbocycles. The Morgan fingerprint density at radius 2 is 0.959 bits per heavy atom. The molecule has 0 N–H and O–H groups in total. The SMILES string of the molecule is C1=Cc2cc3c(ccc4ccccc43)c(-c3ccc4sc5ccc(-c6c7ccccc7cc7c6ccc6ccccc67)cc5c4c3)c2CC1. The van der Waals surface area contributed by atoms with Crippen LogP contribution >= 0.6 is 11.3 Å². The molecule has 0 saturated carbocycles. The molecule has 0 bridgehead atoms. The van der Waals surface area contributed by atoms with Crippen molar-refractivity contribution < 1.29 is 0 Å². The van der Waals surface area contributed by atoms with E-state index in [0.717, 1.165) is 12.8 Å². The van der Waals surface area contributed by atoms with Gasteiger partial charge in [0.2, 0.25) is 0 Å². The van der Waals surface area contributed by atoms with Crippen molar-refractivity contribution in [1.82, 2.24) is 0 Å². The van der Waals surface area contributed by atoms with Crippen molar-refractivity contribution in [3.8, 4) is 22.3 Å². The highest BCUT2D eigenvalue weighted by atomic mass is 32.1. The summed E-state index contributed by atoms with van der Waals surface area (Å²) < 4.78 is 2.67. The lowest BCUT2D eigenvalue weighted by atomic mass is 9.84. The van der Waals surface area contributed by atoms with Gasteiger partial charge in [0.15, 0.2) is 0 Å². The Morgan fingerprint density at radius 3 is 1.65 bits per heavy atom. The number of thiophene rings is 1. The lowest BCUT2D eigenvalue weighted by Gasteiger charge is -2.20. The van der Waals surface area contributed by atoms with Crippen LogP contribution in [0.4, 0.5) is 0 Å². The van der Waals surface area contributed by atoms with Gasteiger partial charge in [-0.15, -0.1) is 11.3 Å². The maximum absolute atomic E-state index is 2.48. The molecule has 0 unspecified atom stereocenters. The summed E-state index contributed by atoms with van der Waals surface area (Å²) in [5.41, 5.74) is 8.13. The molecule has 0 fully saturated rings. The molecule has 10 aromatic rings. The highest BCUT2D eigenvalue weighted by Crippen LogP contribution is 2.45. The largest absolute Gasteiger partial charge is 0.135 e. The normalized spacial score (nSPS) is 13.1. The van der Waals surface area contributed by atoms with Crippen LogP contribution in [0.25, 0.3) is 102 Å². The third kappa shape index (κ3) is 4.03. The molecule has 1 aromatic heterocycles. The van der Waals surface area contributed by atoms with Crippen molar-refractivity contribution in [3.63, 3.8) is 0 Å². The number of fused-ring (bicyclic) bond motifs is 11. The van der Waals surface area contributed by atoms with Crippen molar-refractivity contribution in [2.45, 2.75) is 12.8 Å². The Hall–Kier alpha value is -5.76. The van der Waals surface area contributed by atoms with Gasteiger partial charge in [-0.2, -0.15) is 0 Å². The fraction of sp³-hybridized carbons (Fsp3) is 0.0417. The van der Waals surface area contributed by atoms with Crippen LogP contribution in [0.2, 0.25) is 0 Å². The molecule has 1 aliphatic rings. The molecular weight excluding hydrogens is 609 g/mol. The lowest BCUT2D eigenvalue weighted by Crippen LogP contribution is -1.99. The van der Waals surface area contributed by atoms with Crippen molar-refractivity contribution in [1.29, 1.82) is 0 Å². The number of rotatable bonds is 2. The summed E-state index contributed by atoms with van der Waals surface area (Å²) in [6.07, 6.45) is 6.83. The van der Waals surface area contributed by atoms with Crippen molar-refractivity contribution in [2.24, 2.45) is 0 Å². The van der Waals surface area contributed by atoms with E-state index in [0.29, 0.717) is 0 Å². The fourth-order valence-corrected chi connectivity index (χ4v) is 9.69. The zero-order chi connectivity index (χ0) is 32.1. The van der Waals surface area contributed by atoms with Gasteiger partial charge in [-0.05, 0) is 136 Å². The first-order valence-electron chi connectivity index (χ1n) is 17.2. The summed E-state index contributed by atoms with van der Waals surface area (Å²) in [6, 6.07) is 54.9. The van der Waals surface area contributed by atoms with Gasteiger partial charge in [0.1, 0.15) is 0 Å². The summed E-state index contributed by atoms with van der Waals surface area (Å²) in [4.78, 5) is 0. The number of allylic oxidation sites excluding steroid dienone is 1. The first kappa shape index (κ1) is 27.2. The molecule has 49 heavy (non-hydrogen) atoms. The van der Waals surface area contributed by atoms with Crippen LogP contribution in [0.3, 0.4) is 0 Å². The molecular formula is C48H30S. The molecule has 0 radical (unpaired) electrons. The topological polar surface area (TPSA) is 0 Å². The fourth-order valence-electron chi connectivity index (χ4n) is 8.62. The van der Waals surface area contributed by atoms with E-state index < -0.39 is 0 Å². The van der Waals surface area contributed by atoms with Crippen LogP contribution in [0.5, 0.6) is 0 Å². The van der Waals surface area contributed by atoms with E-state index in [-0.39, 0.29) is 0 Å². The third-order valence-electron chi connectivity index (χ3n) is 10.9. The molecule has 0 amide bonds. The summed E-state index contributed by atoms with van der Waals surface area (Å²) >= 11 is 1.90. The van der Waals surface area contributed by atoms with Crippen molar-refractivity contribution in [2.75, 3.05) is 0 Å². The van der Waals surface area contributed by atoms with Gasteiger partial charge in [0.05, 0.1) is 0 Å². The Kier molecular flexibility index (Phi) is 5.76. The third-order valence-corrected chi connectivity index (χ3v) is 12.0. The van der Waals surface area contributed by atoms with Gasteiger partial charge in [-0.1, -0.05) is 121 Å². The van der Waals surface area contributed by atoms with Gasteiger partial charge >= 0.3 is 0 Å². The monoisotopic (exact) mass is 638 g/mol. The molecule has 228 valence electrons. The molecule has 1 aliphatic carbocycles. The highest BCUT2D eigenvalue weighted by molar-refractivity contribution is 7.25. The summed E-state index contributed by atoms with van der Waals surface area (Å²) in [5, 5.41) is 15.8. The van der Waals surface area contributed by atoms with Crippen LogP contribution in [0.1, 0.15) is 17.5 Å². The first-order valence-corrected chi connectivity index (χ1v) is 18.0. The number of benzene rings is 9. The molecule has 0 atom stereocenters. The van der Waals surface area contributed by atoms with Gasteiger partial charge in [0.25, 0.3) is 0 Å². The second kappa shape index (κ2) is 10.4. The standard InChI is InChI=1S/C48H30S/c1-5-13-35-29(9-1)17-21-39-41(35)25-31-11-3-7-15-37(31)47(39)33-19-23-45-43(27-33)44-28-34(20-24-46(44)49-45)48-38-16-8-4-12-32(38)26-42-36-14-6-2-10-30(36)18-22-40(42)48/h1-7,9-15,17-28H,8,16H2. The number of hydrogen-bond acceptors (Lipinski definition) is 1. The number of hydrogen-bond donors (Lipinski definition) is 0. The summed E-state index contributed by atoms with van der Waals surface area (Å²) in [7, 11) is 0. The molecule has 0 nitrogen and oxygen atoms in total. The van der Waals surface area contributed by atoms with Gasteiger partial charge in [0, 0.05) is 20.2 Å². The van der Waals surface area contributed by atoms with Crippen LogP contribution in [0.15, 0.2) is 152 Å². The van der Waals surface area contributed by atoms with E-state index in [1.54, 1.807) is 0 Å². The first-order chi connectivity index (χ1) is 24.3. The van der Waals surface area contributed by atoms with Crippen molar-refractivity contribution in [3.05, 3.63) is 163 Å². The Bertz CT molecular complexity index is 3050. The zero-order valence-corrected chi connectivity index (χ0v) is 27.7. The Balaban J connectivity index is 1.18. The van der Waals surface area contributed by atoms with Gasteiger partial charge in [-0.3, -0.25) is 0 Å². The zero-order valence-electron chi connectivity index (χ0n) is 26.8. The van der Waals surface area contributed by atoms with Crippen LogP contribution < -0.4 is 0 Å². The predicted octanol–water partition coefficient (Wildman–Crippen LogP) is 14.1. The van der Waals surface area contributed by atoms with Crippen LogP contribution in [-0.4, -0.2) is 0 Å². The van der Waals surface area contributed by atoms with Gasteiger partial charge < -0.3 is 0 Å². The summed E-state index contributed by atoms with van der Waals surface area (Å²) in [6.45, 7) is 0.